The number of nitriles is 1. The molecule has 0 unspecified atom stereocenters. The molecule has 0 spiro atoms. The number of anilines is 1. The molecule has 0 bridgehead atoms. The van der Waals surface area contributed by atoms with Crippen molar-refractivity contribution in [2.24, 2.45) is 0 Å². The van der Waals surface area contributed by atoms with E-state index in [1.165, 1.54) is 17.3 Å². The molecule has 1 aromatic carbocycles. The lowest BCUT2D eigenvalue weighted by Crippen LogP contribution is -2.08. The van der Waals surface area contributed by atoms with Crippen LogP contribution in [0.25, 0.3) is 11.3 Å². The molecule has 1 heterocycles. The van der Waals surface area contributed by atoms with E-state index in [0.717, 1.165) is 24.9 Å². The summed E-state index contributed by atoms with van der Waals surface area (Å²) in [5.74, 6) is 0.630. The van der Waals surface area contributed by atoms with E-state index in [9.17, 15) is 5.26 Å². The van der Waals surface area contributed by atoms with Crippen LogP contribution in [-0.4, -0.2) is 22.8 Å². The summed E-state index contributed by atoms with van der Waals surface area (Å²) in [4.78, 5) is 9.00. The quantitative estimate of drug-likeness (QED) is 0.490. The topological polar surface area (TPSA) is 61.6 Å². The Labute approximate surface area is 136 Å². The van der Waals surface area contributed by atoms with Crippen molar-refractivity contribution in [3.63, 3.8) is 0 Å². The highest BCUT2D eigenvalue weighted by Gasteiger charge is 2.15. The van der Waals surface area contributed by atoms with Gasteiger partial charge in [-0.2, -0.15) is 5.26 Å². The van der Waals surface area contributed by atoms with Crippen molar-refractivity contribution in [3.05, 3.63) is 35.4 Å². The van der Waals surface area contributed by atoms with Crippen molar-refractivity contribution in [2.45, 2.75) is 31.8 Å². The first kappa shape index (κ1) is 16.3. The van der Waals surface area contributed by atoms with E-state index in [0.29, 0.717) is 22.2 Å². The third kappa shape index (κ3) is 3.77. The minimum atomic E-state index is 0.512. The van der Waals surface area contributed by atoms with Gasteiger partial charge in [0.1, 0.15) is 17.5 Å². The highest BCUT2D eigenvalue weighted by Crippen LogP contribution is 2.28. The number of hydrogen-bond acceptors (Lipinski definition) is 5. The van der Waals surface area contributed by atoms with Crippen molar-refractivity contribution in [3.8, 4) is 17.3 Å². The lowest BCUT2D eigenvalue weighted by Gasteiger charge is -2.12. The molecule has 114 valence electrons. The summed E-state index contributed by atoms with van der Waals surface area (Å²) in [6.45, 7) is 4.99. The molecule has 0 amide bonds. The standard InChI is InChI=1S/C17H20N4S/c1-4-5-10-19-16-14(11-18)15(20-17(21-16)22-3)13-8-6-12(2)7-9-13/h6-9H,4-5,10H2,1-3H3,(H,19,20,21). The van der Waals surface area contributed by atoms with E-state index in [1.807, 2.05) is 37.4 Å². The SMILES string of the molecule is CCCCNc1nc(SC)nc(-c2ccc(C)cc2)c1C#N. The number of benzene rings is 1. The molecule has 4 nitrogen and oxygen atoms in total. The Morgan fingerprint density at radius 3 is 2.55 bits per heavy atom. The first-order valence-corrected chi connectivity index (χ1v) is 8.59. The molecule has 22 heavy (non-hydrogen) atoms. The van der Waals surface area contributed by atoms with Gasteiger partial charge < -0.3 is 5.32 Å². The van der Waals surface area contributed by atoms with Gasteiger partial charge in [-0.25, -0.2) is 9.97 Å². The molecule has 0 aliphatic heterocycles. The maximum Gasteiger partial charge on any atom is 0.189 e. The highest BCUT2D eigenvalue weighted by molar-refractivity contribution is 7.98. The zero-order chi connectivity index (χ0) is 15.9. The van der Waals surface area contributed by atoms with Gasteiger partial charge in [-0.15, -0.1) is 0 Å². The Bertz CT molecular complexity index is 674. The summed E-state index contributed by atoms with van der Waals surface area (Å²) in [7, 11) is 0. The maximum absolute atomic E-state index is 9.56. The Morgan fingerprint density at radius 1 is 1.23 bits per heavy atom. The van der Waals surface area contributed by atoms with Crippen LogP contribution >= 0.6 is 11.8 Å². The van der Waals surface area contributed by atoms with Crippen LogP contribution in [0.15, 0.2) is 29.4 Å². The molecule has 0 saturated carbocycles. The lowest BCUT2D eigenvalue weighted by molar-refractivity contribution is 0.825. The van der Waals surface area contributed by atoms with Crippen LogP contribution < -0.4 is 5.32 Å². The molecule has 0 aliphatic rings. The second kappa shape index (κ2) is 7.81. The molecule has 0 aliphatic carbocycles. The zero-order valence-corrected chi connectivity index (χ0v) is 14.0. The molecule has 1 aromatic heterocycles. The van der Waals surface area contributed by atoms with E-state index < -0.39 is 0 Å². The summed E-state index contributed by atoms with van der Waals surface area (Å²) >= 11 is 1.48. The van der Waals surface area contributed by atoms with Crippen molar-refractivity contribution in [1.29, 1.82) is 5.26 Å². The number of thioether (sulfide) groups is 1. The molecule has 0 saturated heterocycles. The Kier molecular flexibility index (Phi) is 5.79. The van der Waals surface area contributed by atoms with Gasteiger partial charge in [0, 0.05) is 12.1 Å². The molecule has 0 fully saturated rings. The number of nitrogens with zero attached hydrogens (tertiary/aromatic N) is 3. The number of unbranched alkanes of at least 4 members (excludes halogenated alkanes) is 1. The summed E-state index contributed by atoms with van der Waals surface area (Å²) in [5, 5.41) is 13.5. The molecule has 1 N–H and O–H groups in total. The van der Waals surface area contributed by atoms with Crippen LogP contribution in [0.4, 0.5) is 5.82 Å². The third-order valence-electron chi connectivity index (χ3n) is 3.33. The van der Waals surface area contributed by atoms with Gasteiger partial charge in [-0.3, -0.25) is 0 Å². The molecule has 2 rings (SSSR count). The number of rotatable bonds is 6. The molecule has 0 radical (unpaired) electrons. The number of aromatic nitrogens is 2. The monoisotopic (exact) mass is 312 g/mol. The third-order valence-corrected chi connectivity index (χ3v) is 3.88. The predicted molar refractivity (Wildman–Crippen MR) is 92.1 cm³/mol. The van der Waals surface area contributed by atoms with Crippen molar-refractivity contribution >= 4 is 17.6 Å². The fraction of sp³-hybridized carbons (Fsp3) is 0.353. The van der Waals surface area contributed by atoms with Gasteiger partial charge in [0.25, 0.3) is 0 Å². The van der Waals surface area contributed by atoms with E-state index in [2.05, 4.69) is 28.3 Å². The van der Waals surface area contributed by atoms with Gasteiger partial charge in [0.05, 0.1) is 5.69 Å². The number of hydrogen-bond donors (Lipinski definition) is 1. The van der Waals surface area contributed by atoms with Gasteiger partial charge >= 0.3 is 0 Å². The van der Waals surface area contributed by atoms with Gasteiger partial charge in [0.2, 0.25) is 0 Å². The van der Waals surface area contributed by atoms with Crippen LogP contribution in [0.2, 0.25) is 0 Å². The van der Waals surface area contributed by atoms with E-state index in [-0.39, 0.29) is 0 Å². The summed E-state index contributed by atoms with van der Waals surface area (Å²) in [5.41, 5.74) is 3.33. The average Bonchev–Trinajstić information content (AvgIpc) is 2.55. The van der Waals surface area contributed by atoms with Crippen molar-refractivity contribution in [1.82, 2.24) is 9.97 Å². The van der Waals surface area contributed by atoms with Gasteiger partial charge in [0.15, 0.2) is 5.16 Å². The number of aryl methyl sites for hydroxylation is 1. The summed E-state index contributed by atoms with van der Waals surface area (Å²) in [6.07, 6.45) is 4.08. The van der Waals surface area contributed by atoms with Crippen LogP contribution in [0, 0.1) is 18.3 Å². The van der Waals surface area contributed by atoms with E-state index >= 15 is 0 Å². The van der Waals surface area contributed by atoms with Crippen LogP contribution in [0.5, 0.6) is 0 Å². The normalized spacial score (nSPS) is 10.3. The molecule has 0 atom stereocenters. The van der Waals surface area contributed by atoms with Crippen LogP contribution in [0.3, 0.4) is 0 Å². The minimum Gasteiger partial charge on any atom is -0.369 e. The largest absolute Gasteiger partial charge is 0.369 e. The lowest BCUT2D eigenvalue weighted by atomic mass is 10.1. The Balaban J connectivity index is 2.49. The smallest absolute Gasteiger partial charge is 0.189 e. The zero-order valence-electron chi connectivity index (χ0n) is 13.2. The molecule has 5 heteroatoms. The summed E-state index contributed by atoms with van der Waals surface area (Å²) < 4.78 is 0. The Hall–Kier alpha value is -2.06. The second-order valence-electron chi connectivity index (χ2n) is 5.04. The molecule has 2 aromatic rings. The molecular formula is C17H20N4S. The highest BCUT2D eigenvalue weighted by atomic mass is 32.2. The van der Waals surface area contributed by atoms with Crippen LogP contribution in [0.1, 0.15) is 30.9 Å². The fourth-order valence-electron chi connectivity index (χ4n) is 2.07. The van der Waals surface area contributed by atoms with Gasteiger partial charge in [-0.1, -0.05) is 54.9 Å². The van der Waals surface area contributed by atoms with Crippen LogP contribution in [-0.2, 0) is 0 Å². The van der Waals surface area contributed by atoms with Gasteiger partial charge in [-0.05, 0) is 19.6 Å². The van der Waals surface area contributed by atoms with E-state index in [4.69, 9.17) is 0 Å². The summed E-state index contributed by atoms with van der Waals surface area (Å²) in [6, 6.07) is 10.3. The minimum absolute atomic E-state index is 0.512. The Morgan fingerprint density at radius 2 is 1.95 bits per heavy atom. The second-order valence-corrected chi connectivity index (χ2v) is 5.81. The number of nitrogens with one attached hydrogen (secondary N) is 1. The van der Waals surface area contributed by atoms with E-state index in [1.54, 1.807) is 0 Å². The average molecular weight is 312 g/mol. The predicted octanol–water partition coefficient (Wildman–Crippen LogP) is 4.26. The van der Waals surface area contributed by atoms with Crippen molar-refractivity contribution in [2.75, 3.05) is 18.1 Å². The first-order valence-electron chi connectivity index (χ1n) is 7.36. The van der Waals surface area contributed by atoms with Crippen molar-refractivity contribution < 1.29 is 0 Å². The fourth-order valence-corrected chi connectivity index (χ4v) is 2.43. The molecular weight excluding hydrogens is 292 g/mol. The maximum atomic E-state index is 9.56. The first-order chi connectivity index (χ1) is 10.7.